The zero-order valence-electron chi connectivity index (χ0n) is 18.6. The van der Waals surface area contributed by atoms with E-state index in [4.69, 9.17) is 21.3 Å². The number of para-hydroxylation sites is 3. The summed E-state index contributed by atoms with van der Waals surface area (Å²) >= 11 is 6.37. The molecule has 0 unspecified atom stereocenters. The highest BCUT2D eigenvalue weighted by atomic mass is 35.5. The highest BCUT2D eigenvalue weighted by Gasteiger charge is 2.35. The monoisotopic (exact) mass is 459 g/mol. The van der Waals surface area contributed by atoms with Gasteiger partial charge in [0.2, 0.25) is 5.91 Å². The van der Waals surface area contributed by atoms with E-state index in [0.717, 1.165) is 41.3 Å². The minimum atomic E-state index is 0.0128. The Balaban J connectivity index is 1.36. The third-order valence-corrected chi connectivity index (χ3v) is 6.42. The maximum absolute atomic E-state index is 12.9. The van der Waals surface area contributed by atoms with Gasteiger partial charge in [0.1, 0.15) is 11.6 Å². The molecule has 0 spiro atoms. The summed E-state index contributed by atoms with van der Waals surface area (Å²) in [6.45, 7) is 4.03. The van der Waals surface area contributed by atoms with Gasteiger partial charge < -0.3 is 14.2 Å². The second-order valence-corrected chi connectivity index (χ2v) is 8.89. The van der Waals surface area contributed by atoms with Gasteiger partial charge in [-0.3, -0.25) is 4.79 Å². The van der Waals surface area contributed by atoms with E-state index in [2.05, 4.69) is 23.6 Å². The summed E-state index contributed by atoms with van der Waals surface area (Å²) < 4.78 is 8.21. The van der Waals surface area contributed by atoms with Crippen LogP contribution in [0.15, 0.2) is 72.8 Å². The minimum absolute atomic E-state index is 0.0128. The van der Waals surface area contributed by atoms with Crippen molar-refractivity contribution < 1.29 is 9.53 Å². The molecule has 0 radical (unpaired) electrons. The van der Waals surface area contributed by atoms with Gasteiger partial charge in [0.05, 0.1) is 28.4 Å². The Kier molecular flexibility index (Phi) is 6.05. The van der Waals surface area contributed by atoms with E-state index in [-0.39, 0.29) is 11.8 Å². The van der Waals surface area contributed by atoms with Gasteiger partial charge in [0.15, 0.2) is 0 Å². The molecule has 1 aliphatic heterocycles. The Labute approximate surface area is 198 Å². The topological polar surface area (TPSA) is 47.4 Å². The molecule has 1 amide bonds. The van der Waals surface area contributed by atoms with Crippen molar-refractivity contribution >= 4 is 34.2 Å². The number of aromatic nitrogens is 2. The van der Waals surface area contributed by atoms with E-state index in [1.165, 1.54) is 5.56 Å². The van der Waals surface area contributed by atoms with E-state index in [1.54, 1.807) is 4.90 Å². The van der Waals surface area contributed by atoms with Gasteiger partial charge in [-0.15, -0.1) is 0 Å². The highest BCUT2D eigenvalue weighted by molar-refractivity contribution is 6.33. The third kappa shape index (κ3) is 4.46. The van der Waals surface area contributed by atoms with Crippen molar-refractivity contribution in [3.05, 3.63) is 89.2 Å². The largest absolute Gasteiger partial charge is 0.494 e. The Morgan fingerprint density at radius 2 is 1.88 bits per heavy atom. The second kappa shape index (κ2) is 9.28. The van der Waals surface area contributed by atoms with Crippen LogP contribution in [0.25, 0.3) is 11.0 Å². The Morgan fingerprint density at radius 3 is 2.73 bits per heavy atom. The molecule has 1 fully saturated rings. The van der Waals surface area contributed by atoms with Gasteiger partial charge in [0, 0.05) is 25.4 Å². The van der Waals surface area contributed by atoms with Gasteiger partial charge in [-0.25, -0.2) is 4.98 Å². The summed E-state index contributed by atoms with van der Waals surface area (Å²) in [7, 11) is 0. The number of ether oxygens (including phenoxy) is 1. The molecule has 5 rings (SSSR count). The number of amides is 1. The molecule has 4 aromatic rings. The zero-order chi connectivity index (χ0) is 22.8. The van der Waals surface area contributed by atoms with E-state index in [0.29, 0.717) is 24.6 Å². The van der Waals surface area contributed by atoms with Crippen molar-refractivity contribution in [2.75, 3.05) is 18.1 Å². The number of imidazole rings is 1. The van der Waals surface area contributed by atoms with Crippen LogP contribution in [-0.4, -0.2) is 28.6 Å². The first-order chi connectivity index (χ1) is 16.1. The first-order valence-corrected chi connectivity index (χ1v) is 11.7. The minimum Gasteiger partial charge on any atom is -0.494 e. The Bertz CT molecular complexity index is 1300. The van der Waals surface area contributed by atoms with E-state index in [1.807, 2.05) is 60.7 Å². The number of benzene rings is 3. The fourth-order valence-electron chi connectivity index (χ4n) is 4.54. The average Bonchev–Trinajstić information content (AvgIpc) is 3.37. The van der Waals surface area contributed by atoms with Gasteiger partial charge in [-0.2, -0.15) is 0 Å². The van der Waals surface area contributed by atoms with Crippen LogP contribution >= 0.6 is 11.6 Å². The summed E-state index contributed by atoms with van der Waals surface area (Å²) in [6, 6.07) is 23.8. The molecular formula is C27H26ClN3O2. The predicted octanol–water partition coefficient (Wildman–Crippen LogP) is 5.99. The van der Waals surface area contributed by atoms with Crippen LogP contribution in [0.2, 0.25) is 5.02 Å². The molecule has 1 aliphatic rings. The van der Waals surface area contributed by atoms with Crippen molar-refractivity contribution in [2.24, 2.45) is 0 Å². The van der Waals surface area contributed by atoms with Crippen molar-refractivity contribution in [3.63, 3.8) is 0 Å². The lowest BCUT2D eigenvalue weighted by molar-refractivity contribution is -0.117. The fourth-order valence-corrected chi connectivity index (χ4v) is 4.78. The molecule has 2 heterocycles. The third-order valence-electron chi connectivity index (χ3n) is 6.10. The highest BCUT2D eigenvalue weighted by Crippen LogP contribution is 2.36. The summed E-state index contributed by atoms with van der Waals surface area (Å²) in [5.74, 6) is 1.94. The van der Waals surface area contributed by atoms with Crippen LogP contribution in [0.4, 0.5) is 5.69 Å². The maximum atomic E-state index is 12.9. The average molecular weight is 460 g/mol. The summed E-state index contributed by atoms with van der Waals surface area (Å²) in [6.07, 6.45) is 1.27. The fraction of sp³-hybridized carbons (Fsp3) is 0.259. The number of carbonyl (C=O) groups is 1. The molecular weight excluding hydrogens is 434 g/mol. The number of aryl methyl sites for hydroxylation is 2. The van der Waals surface area contributed by atoms with Gasteiger partial charge in [-0.1, -0.05) is 48.0 Å². The Morgan fingerprint density at radius 1 is 1.06 bits per heavy atom. The molecule has 168 valence electrons. The lowest BCUT2D eigenvalue weighted by Crippen LogP contribution is -2.24. The lowest BCUT2D eigenvalue weighted by Gasteiger charge is -2.18. The molecule has 1 aromatic heterocycles. The molecule has 1 atom stereocenters. The molecule has 0 aliphatic carbocycles. The van der Waals surface area contributed by atoms with Crippen molar-refractivity contribution in [3.8, 4) is 5.75 Å². The maximum Gasteiger partial charge on any atom is 0.227 e. The molecule has 33 heavy (non-hydrogen) atoms. The Hall–Kier alpha value is -3.31. The number of nitrogens with zero attached hydrogens (tertiary/aromatic N) is 3. The van der Waals surface area contributed by atoms with Crippen LogP contribution in [-0.2, 0) is 11.3 Å². The van der Waals surface area contributed by atoms with Crippen LogP contribution in [0.3, 0.4) is 0 Å². The van der Waals surface area contributed by atoms with Gasteiger partial charge in [0.25, 0.3) is 0 Å². The van der Waals surface area contributed by atoms with E-state index in [9.17, 15) is 4.79 Å². The zero-order valence-corrected chi connectivity index (χ0v) is 19.3. The van der Waals surface area contributed by atoms with Crippen LogP contribution in [0, 0.1) is 6.92 Å². The van der Waals surface area contributed by atoms with Crippen molar-refractivity contribution in [1.29, 1.82) is 0 Å². The van der Waals surface area contributed by atoms with Crippen LogP contribution in [0.1, 0.15) is 30.1 Å². The number of rotatable bonds is 7. The summed E-state index contributed by atoms with van der Waals surface area (Å²) in [5, 5.41) is 0.591. The van der Waals surface area contributed by atoms with Crippen molar-refractivity contribution in [2.45, 2.75) is 32.2 Å². The number of hydrogen-bond donors (Lipinski definition) is 0. The summed E-state index contributed by atoms with van der Waals surface area (Å²) in [4.78, 5) is 19.6. The normalized spacial score (nSPS) is 16.0. The molecule has 3 aromatic carbocycles. The molecule has 0 N–H and O–H groups in total. The predicted molar refractivity (Wildman–Crippen MR) is 132 cm³/mol. The smallest absolute Gasteiger partial charge is 0.227 e. The summed E-state index contributed by atoms with van der Waals surface area (Å²) in [5.41, 5.74) is 3.99. The molecule has 1 saturated heterocycles. The number of halogens is 1. The van der Waals surface area contributed by atoms with Crippen LogP contribution < -0.4 is 9.64 Å². The lowest BCUT2D eigenvalue weighted by atomic mass is 10.1. The first kappa shape index (κ1) is 21.5. The van der Waals surface area contributed by atoms with E-state index < -0.39 is 0 Å². The number of anilines is 1. The molecule has 6 heteroatoms. The SMILES string of the molecule is Cc1cccc(OCCCn2c([C@@H]3CC(=O)N(c4ccccc4Cl)C3)nc3ccccc32)c1. The van der Waals surface area contributed by atoms with Crippen LogP contribution in [0.5, 0.6) is 5.75 Å². The number of fused-ring (bicyclic) bond motifs is 1. The molecule has 0 saturated carbocycles. The first-order valence-electron chi connectivity index (χ1n) is 11.3. The van der Waals surface area contributed by atoms with Gasteiger partial charge in [-0.05, 0) is 55.3 Å². The number of carbonyl (C=O) groups excluding carboxylic acids is 1. The molecule has 0 bridgehead atoms. The molecule has 5 nitrogen and oxygen atoms in total. The van der Waals surface area contributed by atoms with Crippen molar-refractivity contribution in [1.82, 2.24) is 9.55 Å². The quantitative estimate of drug-likeness (QED) is 0.319. The second-order valence-electron chi connectivity index (χ2n) is 8.49. The number of hydrogen-bond acceptors (Lipinski definition) is 3. The van der Waals surface area contributed by atoms with E-state index >= 15 is 0 Å². The van der Waals surface area contributed by atoms with Gasteiger partial charge >= 0.3 is 0 Å². The standard InChI is InChI=1S/C27H26ClN3O2/c1-19-8-6-9-21(16-19)33-15-7-14-30-25-13-5-3-11-23(25)29-27(30)20-17-26(32)31(18-20)24-12-4-2-10-22(24)28/h2-6,8-13,16,20H,7,14-15,17-18H2,1H3/t20-/m1/s1.